The van der Waals surface area contributed by atoms with Gasteiger partial charge in [-0.1, -0.05) is 0 Å². The number of anilines is 3. The summed E-state index contributed by atoms with van der Waals surface area (Å²) < 4.78 is 0. The maximum Gasteiger partial charge on any atom is 0.269 e. The minimum absolute atomic E-state index is 0.166. The summed E-state index contributed by atoms with van der Waals surface area (Å²) in [6.45, 7) is 6.33. The molecule has 0 aliphatic carbocycles. The number of imidazole rings is 1. The number of hydrogen-bond donors (Lipinski definition) is 3. The quantitative estimate of drug-likeness (QED) is 0.561. The van der Waals surface area contributed by atoms with E-state index in [-0.39, 0.29) is 5.91 Å². The fourth-order valence-electron chi connectivity index (χ4n) is 3.53. The fraction of sp³-hybridized carbons (Fsp3) is 0.350. The van der Waals surface area contributed by atoms with Gasteiger partial charge in [0.15, 0.2) is 0 Å². The molecule has 1 aliphatic rings. The van der Waals surface area contributed by atoms with Crippen LogP contribution in [0.2, 0.25) is 0 Å². The number of amides is 1. The second kappa shape index (κ2) is 8.87. The summed E-state index contributed by atoms with van der Waals surface area (Å²) in [6, 6.07) is 5.71. The molecule has 0 spiro atoms. The third-order valence-corrected chi connectivity index (χ3v) is 5.08. The van der Waals surface area contributed by atoms with Crippen LogP contribution < -0.4 is 15.5 Å². The molecule has 3 N–H and O–H groups in total. The van der Waals surface area contributed by atoms with Crippen molar-refractivity contribution in [2.75, 3.05) is 43.4 Å². The van der Waals surface area contributed by atoms with Gasteiger partial charge in [-0.2, -0.15) is 0 Å². The van der Waals surface area contributed by atoms with Gasteiger partial charge in [0.25, 0.3) is 5.91 Å². The second-order valence-corrected chi connectivity index (χ2v) is 7.10. The molecule has 3 aromatic rings. The average molecular weight is 407 g/mol. The lowest BCUT2D eigenvalue weighted by Gasteiger charge is -2.36. The number of aromatic nitrogens is 5. The van der Waals surface area contributed by atoms with Crippen molar-refractivity contribution in [2.24, 2.45) is 0 Å². The van der Waals surface area contributed by atoms with Crippen LogP contribution in [0, 0.1) is 6.92 Å². The minimum Gasteiger partial charge on any atom is -0.368 e. The molecule has 1 amide bonds. The number of piperazine rings is 1. The molecular weight excluding hydrogens is 382 g/mol. The molecule has 1 fully saturated rings. The Bertz CT molecular complexity index is 997. The molecule has 10 nitrogen and oxygen atoms in total. The van der Waals surface area contributed by atoms with E-state index in [2.05, 4.69) is 45.4 Å². The van der Waals surface area contributed by atoms with Crippen LogP contribution in [0.4, 0.5) is 17.5 Å². The van der Waals surface area contributed by atoms with Gasteiger partial charge in [0.05, 0.1) is 17.1 Å². The van der Waals surface area contributed by atoms with Gasteiger partial charge in [-0.3, -0.25) is 9.69 Å². The van der Waals surface area contributed by atoms with Gasteiger partial charge in [0, 0.05) is 58.2 Å². The summed E-state index contributed by atoms with van der Waals surface area (Å²) in [5.41, 5.74) is 3.35. The smallest absolute Gasteiger partial charge is 0.269 e. The van der Waals surface area contributed by atoms with E-state index in [4.69, 9.17) is 0 Å². The lowest BCUT2D eigenvalue weighted by Crippen LogP contribution is -2.46. The molecule has 1 saturated heterocycles. The monoisotopic (exact) mass is 407 g/mol. The maximum absolute atomic E-state index is 11.8. The molecule has 4 heterocycles. The second-order valence-electron chi connectivity index (χ2n) is 7.10. The number of nitrogens with zero attached hydrogens (tertiary/aromatic N) is 6. The summed E-state index contributed by atoms with van der Waals surface area (Å²) in [7, 11) is 1.61. The number of pyridine rings is 1. The number of aryl methyl sites for hydroxylation is 1. The van der Waals surface area contributed by atoms with Crippen molar-refractivity contribution < 1.29 is 4.79 Å². The van der Waals surface area contributed by atoms with Gasteiger partial charge in [0.1, 0.15) is 17.8 Å². The van der Waals surface area contributed by atoms with E-state index in [1.54, 1.807) is 31.8 Å². The zero-order valence-electron chi connectivity index (χ0n) is 17.1. The number of rotatable bonds is 6. The van der Waals surface area contributed by atoms with E-state index >= 15 is 0 Å². The van der Waals surface area contributed by atoms with Gasteiger partial charge in [-0.25, -0.2) is 19.9 Å². The van der Waals surface area contributed by atoms with E-state index in [0.29, 0.717) is 17.5 Å². The molecule has 10 heteroatoms. The van der Waals surface area contributed by atoms with Crippen LogP contribution in [0.3, 0.4) is 0 Å². The maximum atomic E-state index is 11.8. The summed E-state index contributed by atoms with van der Waals surface area (Å²) in [4.78, 5) is 36.7. The lowest BCUT2D eigenvalue weighted by atomic mass is 10.2. The van der Waals surface area contributed by atoms with Crippen LogP contribution in [0.5, 0.6) is 0 Å². The predicted molar refractivity (Wildman–Crippen MR) is 114 cm³/mol. The summed E-state index contributed by atoms with van der Waals surface area (Å²) >= 11 is 0. The summed E-state index contributed by atoms with van der Waals surface area (Å²) in [5.74, 6) is 1.20. The Hall–Kier alpha value is -3.53. The van der Waals surface area contributed by atoms with Crippen molar-refractivity contribution in [2.45, 2.75) is 13.5 Å². The first-order valence-electron chi connectivity index (χ1n) is 9.87. The van der Waals surface area contributed by atoms with Crippen LogP contribution in [0.25, 0.3) is 0 Å². The topological polar surface area (TPSA) is 115 Å². The molecule has 1 aliphatic heterocycles. The number of aromatic amines is 1. The highest BCUT2D eigenvalue weighted by atomic mass is 16.1. The lowest BCUT2D eigenvalue weighted by molar-refractivity contribution is 0.0958. The molecule has 0 aromatic carbocycles. The van der Waals surface area contributed by atoms with Gasteiger partial charge >= 0.3 is 0 Å². The first kappa shape index (κ1) is 19.8. The molecular formula is C20H25N9O. The van der Waals surface area contributed by atoms with E-state index < -0.39 is 0 Å². The molecule has 30 heavy (non-hydrogen) atoms. The predicted octanol–water partition coefficient (Wildman–Crippen LogP) is 1.33. The molecule has 156 valence electrons. The number of hydrogen-bond acceptors (Lipinski definition) is 8. The van der Waals surface area contributed by atoms with Crippen molar-refractivity contribution in [3.63, 3.8) is 0 Å². The Kier molecular flexibility index (Phi) is 5.84. The van der Waals surface area contributed by atoms with Crippen LogP contribution in [-0.4, -0.2) is 69.0 Å². The Morgan fingerprint density at radius 3 is 2.70 bits per heavy atom. The highest BCUT2D eigenvalue weighted by molar-refractivity contribution is 5.92. The number of carbonyl (C=O) groups is 1. The van der Waals surface area contributed by atoms with Crippen LogP contribution in [-0.2, 0) is 6.54 Å². The Morgan fingerprint density at radius 2 is 2.00 bits per heavy atom. The standard InChI is InChI=1S/C20H25N9O/c1-14-17(4-3-16(26-14)19(30)21-2)29-9-7-28(8-10-29)12-15-11-18(25-13-24-15)27-20-22-5-6-23-20/h3-6,11,13H,7-10,12H2,1-2H3,(H,21,30)(H2,22,23,24,25,27). The van der Waals surface area contributed by atoms with Crippen LogP contribution in [0.15, 0.2) is 36.9 Å². The first-order chi connectivity index (χ1) is 14.6. The van der Waals surface area contributed by atoms with Crippen LogP contribution in [0.1, 0.15) is 21.9 Å². The molecule has 0 atom stereocenters. The summed E-state index contributed by atoms with van der Waals surface area (Å²) in [5, 5.41) is 5.74. The third kappa shape index (κ3) is 4.54. The summed E-state index contributed by atoms with van der Waals surface area (Å²) in [6.07, 6.45) is 5.01. The highest BCUT2D eigenvalue weighted by Gasteiger charge is 2.20. The van der Waals surface area contributed by atoms with Gasteiger partial charge in [-0.05, 0) is 19.1 Å². The van der Waals surface area contributed by atoms with Crippen LogP contribution >= 0.6 is 0 Å². The SMILES string of the molecule is CNC(=O)c1ccc(N2CCN(Cc3cc(Nc4ncc[nH]4)ncn3)CC2)c(C)n1. The van der Waals surface area contributed by atoms with Gasteiger partial charge in [0.2, 0.25) is 5.95 Å². The zero-order chi connectivity index (χ0) is 20.9. The van der Waals surface area contributed by atoms with Crippen molar-refractivity contribution in [3.8, 4) is 0 Å². The molecule has 0 radical (unpaired) electrons. The number of carbonyl (C=O) groups excluding carboxylic acids is 1. The molecule has 4 rings (SSSR count). The average Bonchev–Trinajstić information content (AvgIpc) is 3.27. The molecule has 0 saturated carbocycles. The van der Waals surface area contributed by atoms with E-state index in [1.165, 1.54) is 0 Å². The highest BCUT2D eigenvalue weighted by Crippen LogP contribution is 2.21. The Labute approximate surface area is 174 Å². The van der Waals surface area contributed by atoms with Crippen molar-refractivity contribution in [1.82, 2.24) is 35.1 Å². The largest absolute Gasteiger partial charge is 0.368 e. The van der Waals surface area contributed by atoms with Gasteiger partial charge in [-0.15, -0.1) is 0 Å². The Morgan fingerprint density at radius 1 is 1.17 bits per heavy atom. The zero-order valence-corrected chi connectivity index (χ0v) is 17.1. The van der Waals surface area contributed by atoms with Gasteiger partial charge < -0.3 is 20.5 Å². The minimum atomic E-state index is -0.166. The van der Waals surface area contributed by atoms with E-state index in [9.17, 15) is 4.79 Å². The third-order valence-electron chi connectivity index (χ3n) is 5.08. The van der Waals surface area contributed by atoms with Crippen molar-refractivity contribution in [3.05, 3.63) is 54.0 Å². The van der Waals surface area contributed by atoms with Crippen molar-refractivity contribution in [1.29, 1.82) is 0 Å². The Balaban J connectivity index is 1.34. The van der Waals surface area contributed by atoms with E-state index in [1.807, 2.05) is 19.1 Å². The normalized spacial score (nSPS) is 14.5. The molecule has 0 unspecified atom stereocenters. The first-order valence-corrected chi connectivity index (χ1v) is 9.87. The van der Waals surface area contributed by atoms with E-state index in [0.717, 1.165) is 49.8 Å². The fourth-order valence-corrected chi connectivity index (χ4v) is 3.53. The number of nitrogens with one attached hydrogen (secondary N) is 3. The molecule has 0 bridgehead atoms. The molecule has 3 aromatic heterocycles. The number of H-pyrrole nitrogens is 1. The van der Waals surface area contributed by atoms with Crippen molar-refractivity contribution >= 4 is 23.4 Å².